The van der Waals surface area contributed by atoms with Gasteiger partial charge in [-0.15, -0.1) is 0 Å². The van der Waals surface area contributed by atoms with Crippen LogP contribution in [0.1, 0.15) is 24.9 Å². The summed E-state index contributed by atoms with van der Waals surface area (Å²) in [4.78, 5) is 10.4. The maximum Gasteiger partial charge on any atom is 0.271 e. The van der Waals surface area contributed by atoms with Gasteiger partial charge in [0.05, 0.1) is 11.0 Å². The van der Waals surface area contributed by atoms with Gasteiger partial charge in [-0.05, 0) is 30.2 Å². The number of nitro benzene ring substituents is 1. The number of nitrogens with zero attached hydrogens (tertiary/aromatic N) is 1. The largest absolute Gasteiger partial charge is 0.378 e. The minimum Gasteiger partial charge on any atom is -0.378 e. The number of anilines is 1. The fraction of sp³-hybridized carbons (Fsp3) is 0.200. The molecule has 0 aliphatic carbocycles. The number of halogens is 1. The molecule has 0 saturated heterocycles. The molecule has 2 aromatic rings. The summed E-state index contributed by atoms with van der Waals surface area (Å²) in [6, 6.07) is 14.8. The van der Waals surface area contributed by atoms with E-state index in [0.717, 1.165) is 22.1 Å². The molecule has 0 aromatic heterocycles. The van der Waals surface area contributed by atoms with Crippen molar-refractivity contribution in [3.63, 3.8) is 0 Å². The Labute approximate surface area is 126 Å². The molecule has 20 heavy (non-hydrogen) atoms. The molecule has 0 fully saturated rings. The van der Waals surface area contributed by atoms with Crippen LogP contribution in [0.4, 0.5) is 11.4 Å². The van der Waals surface area contributed by atoms with E-state index in [1.54, 1.807) is 12.1 Å². The second-order valence-corrected chi connectivity index (χ2v) is 5.38. The first-order valence-corrected chi connectivity index (χ1v) is 7.16. The van der Waals surface area contributed by atoms with Crippen LogP contribution in [0.25, 0.3) is 0 Å². The second-order valence-electron chi connectivity index (χ2n) is 4.46. The zero-order valence-electron chi connectivity index (χ0n) is 11.0. The number of nitro groups is 1. The summed E-state index contributed by atoms with van der Waals surface area (Å²) in [5.74, 6) is 0. The van der Waals surface area contributed by atoms with Gasteiger partial charge in [0, 0.05) is 22.3 Å². The first kappa shape index (κ1) is 14.5. The highest BCUT2D eigenvalue weighted by Gasteiger charge is 2.11. The van der Waals surface area contributed by atoms with Gasteiger partial charge < -0.3 is 5.32 Å². The van der Waals surface area contributed by atoms with E-state index in [1.807, 2.05) is 30.3 Å². The van der Waals surface area contributed by atoms with E-state index in [4.69, 9.17) is 0 Å². The maximum absolute atomic E-state index is 10.8. The summed E-state index contributed by atoms with van der Waals surface area (Å²) < 4.78 is 1.03. The van der Waals surface area contributed by atoms with E-state index in [-0.39, 0.29) is 16.7 Å². The standard InChI is InChI=1S/C15H15BrN2O2/c1-2-15(11-6-8-12(16)9-7-11)17-13-4-3-5-14(10-13)18(19)20/h3-10,15,17H,2H2,1H3. The molecule has 1 atom stereocenters. The Hall–Kier alpha value is -1.88. The van der Waals surface area contributed by atoms with E-state index in [1.165, 1.54) is 6.07 Å². The lowest BCUT2D eigenvalue weighted by atomic mass is 10.0. The zero-order chi connectivity index (χ0) is 14.5. The highest BCUT2D eigenvalue weighted by Crippen LogP contribution is 2.26. The van der Waals surface area contributed by atoms with Crippen molar-refractivity contribution in [2.24, 2.45) is 0 Å². The predicted octanol–water partition coefficient (Wildman–Crippen LogP) is 4.92. The number of non-ortho nitro benzene ring substituents is 1. The van der Waals surface area contributed by atoms with Crippen LogP contribution in [0, 0.1) is 10.1 Å². The summed E-state index contributed by atoms with van der Waals surface area (Å²) in [6.07, 6.45) is 0.893. The topological polar surface area (TPSA) is 55.2 Å². The third-order valence-corrected chi connectivity index (χ3v) is 3.61. The monoisotopic (exact) mass is 334 g/mol. The van der Waals surface area contributed by atoms with Gasteiger partial charge in [-0.3, -0.25) is 10.1 Å². The van der Waals surface area contributed by atoms with Gasteiger partial charge in [-0.2, -0.15) is 0 Å². The van der Waals surface area contributed by atoms with Crippen LogP contribution in [0.15, 0.2) is 53.0 Å². The molecule has 5 heteroatoms. The minimum absolute atomic E-state index is 0.0978. The molecule has 0 radical (unpaired) electrons. The van der Waals surface area contributed by atoms with Gasteiger partial charge in [0.2, 0.25) is 0 Å². The number of hydrogen-bond donors (Lipinski definition) is 1. The van der Waals surface area contributed by atoms with Gasteiger partial charge >= 0.3 is 0 Å². The second kappa shape index (κ2) is 6.52. The summed E-state index contributed by atoms with van der Waals surface area (Å²) in [6.45, 7) is 2.08. The lowest BCUT2D eigenvalue weighted by Gasteiger charge is -2.18. The summed E-state index contributed by atoms with van der Waals surface area (Å²) in [5, 5.41) is 14.1. The number of hydrogen-bond acceptors (Lipinski definition) is 3. The molecule has 0 heterocycles. The molecule has 0 aliphatic rings. The van der Waals surface area contributed by atoms with Crippen LogP contribution in [0.3, 0.4) is 0 Å². The molecule has 0 bridgehead atoms. The van der Waals surface area contributed by atoms with Crippen molar-refractivity contribution in [3.8, 4) is 0 Å². The van der Waals surface area contributed by atoms with Crippen LogP contribution < -0.4 is 5.32 Å². The number of nitrogens with one attached hydrogen (secondary N) is 1. The predicted molar refractivity (Wildman–Crippen MR) is 83.9 cm³/mol. The fourth-order valence-electron chi connectivity index (χ4n) is 2.03. The molecule has 0 amide bonds. The third kappa shape index (κ3) is 3.57. The van der Waals surface area contributed by atoms with Crippen LogP contribution >= 0.6 is 15.9 Å². The van der Waals surface area contributed by atoms with Crippen molar-refractivity contribution in [2.45, 2.75) is 19.4 Å². The van der Waals surface area contributed by atoms with Crippen molar-refractivity contribution in [1.29, 1.82) is 0 Å². The molecule has 0 saturated carbocycles. The Morgan fingerprint density at radius 2 is 1.95 bits per heavy atom. The first-order chi connectivity index (χ1) is 9.60. The third-order valence-electron chi connectivity index (χ3n) is 3.08. The minimum atomic E-state index is -0.383. The number of rotatable bonds is 5. The Balaban J connectivity index is 2.19. The molecular weight excluding hydrogens is 320 g/mol. The van der Waals surface area contributed by atoms with Gasteiger partial charge in [0.25, 0.3) is 5.69 Å². The molecule has 0 spiro atoms. The highest BCUT2D eigenvalue weighted by atomic mass is 79.9. The van der Waals surface area contributed by atoms with Crippen LogP contribution in [-0.2, 0) is 0 Å². The molecule has 1 unspecified atom stereocenters. The zero-order valence-corrected chi connectivity index (χ0v) is 12.6. The van der Waals surface area contributed by atoms with E-state index >= 15 is 0 Å². The molecular formula is C15H15BrN2O2. The van der Waals surface area contributed by atoms with Gasteiger partial charge in [0.15, 0.2) is 0 Å². The maximum atomic E-state index is 10.8. The average Bonchev–Trinajstić information content (AvgIpc) is 2.46. The van der Waals surface area contributed by atoms with Crippen LogP contribution in [0.2, 0.25) is 0 Å². The average molecular weight is 335 g/mol. The van der Waals surface area contributed by atoms with E-state index < -0.39 is 0 Å². The Morgan fingerprint density at radius 1 is 1.25 bits per heavy atom. The van der Waals surface area contributed by atoms with Crippen molar-refractivity contribution >= 4 is 27.3 Å². The van der Waals surface area contributed by atoms with Crippen LogP contribution in [-0.4, -0.2) is 4.92 Å². The Morgan fingerprint density at radius 3 is 2.55 bits per heavy atom. The molecule has 0 aliphatic heterocycles. The van der Waals surface area contributed by atoms with Gasteiger partial charge in [-0.1, -0.05) is 41.1 Å². The number of benzene rings is 2. The summed E-state index contributed by atoms with van der Waals surface area (Å²) in [5.41, 5.74) is 2.01. The normalized spacial score (nSPS) is 11.9. The molecule has 2 rings (SSSR count). The van der Waals surface area contributed by atoms with E-state index in [2.05, 4.69) is 28.2 Å². The first-order valence-electron chi connectivity index (χ1n) is 6.36. The van der Waals surface area contributed by atoms with Crippen LogP contribution in [0.5, 0.6) is 0 Å². The smallest absolute Gasteiger partial charge is 0.271 e. The van der Waals surface area contributed by atoms with Crippen molar-refractivity contribution < 1.29 is 4.92 Å². The lowest BCUT2D eigenvalue weighted by molar-refractivity contribution is -0.384. The van der Waals surface area contributed by atoms with Crippen molar-refractivity contribution in [3.05, 3.63) is 68.7 Å². The summed E-state index contributed by atoms with van der Waals surface area (Å²) >= 11 is 3.41. The molecule has 4 nitrogen and oxygen atoms in total. The molecule has 1 N–H and O–H groups in total. The highest BCUT2D eigenvalue weighted by molar-refractivity contribution is 9.10. The van der Waals surface area contributed by atoms with Gasteiger partial charge in [-0.25, -0.2) is 0 Å². The SMILES string of the molecule is CCC(Nc1cccc([N+](=O)[O-])c1)c1ccc(Br)cc1. The van der Waals surface area contributed by atoms with Gasteiger partial charge in [0.1, 0.15) is 0 Å². The van der Waals surface area contributed by atoms with E-state index in [9.17, 15) is 10.1 Å². The van der Waals surface area contributed by atoms with Crippen molar-refractivity contribution in [2.75, 3.05) is 5.32 Å². The molecule has 104 valence electrons. The summed E-state index contributed by atoms with van der Waals surface area (Å²) in [7, 11) is 0. The van der Waals surface area contributed by atoms with E-state index in [0.29, 0.717) is 0 Å². The fourth-order valence-corrected chi connectivity index (χ4v) is 2.29. The Bertz CT molecular complexity index is 599. The van der Waals surface area contributed by atoms with Crippen molar-refractivity contribution in [1.82, 2.24) is 0 Å². The Kier molecular flexibility index (Phi) is 4.74. The molecule has 2 aromatic carbocycles. The quantitative estimate of drug-likeness (QED) is 0.623. The lowest BCUT2D eigenvalue weighted by Crippen LogP contribution is -2.09.